The smallest absolute Gasteiger partial charge is 0.422 e. The van der Waals surface area contributed by atoms with E-state index in [-0.39, 0.29) is 56.2 Å². The Morgan fingerprint density at radius 2 is 1.81 bits per heavy atom. The number of imidazole rings is 1. The van der Waals surface area contributed by atoms with E-state index in [4.69, 9.17) is 14.6 Å². The first kappa shape index (κ1) is 35.1. The molecule has 0 saturated heterocycles. The maximum Gasteiger partial charge on any atom is 0.422 e. The molecule has 0 aliphatic rings. The van der Waals surface area contributed by atoms with E-state index in [0.717, 1.165) is 10.0 Å². The number of hydrogen-bond acceptors (Lipinski definition) is 9. The Hall–Kier alpha value is -4.77. The summed E-state index contributed by atoms with van der Waals surface area (Å²) in [5.41, 5.74) is 0.751. The lowest BCUT2D eigenvalue weighted by molar-refractivity contribution is -0.153. The summed E-state index contributed by atoms with van der Waals surface area (Å²) in [4.78, 5) is 30.8. The van der Waals surface area contributed by atoms with Crippen molar-refractivity contribution in [2.45, 2.75) is 41.7 Å². The summed E-state index contributed by atoms with van der Waals surface area (Å²) in [6.45, 7) is -0.108. The first-order chi connectivity index (χ1) is 22.3. The largest absolute Gasteiger partial charge is 0.484 e. The van der Waals surface area contributed by atoms with Gasteiger partial charge < -0.3 is 19.9 Å². The molecular formula is C30H29F3N4O8S2. The van der Waals surface area contributed by atoms with E-state index in [1.165, 1.54) is 55.6 Å². The van der Waals surface area contributed by atoms with Crippen molar-refractivity contribution in [2.75, 3.05) is 19.8 Å². The number of rotatable bonds is 15. The van der Waals surface area contributed by atoms with E-state index in [1.807, 2.05) is 0 Å². The molecular weight excluding hydrogens is 665 g/mol. The van der Waals surface area contributed by atoms with Crippen molar-refractivity contribution in [1.29, 1.82) is 0 Å². The molecule has 2 aromatic heterocycles. The van der Waals surface area contributed by atoms with Crippen LogP contribution in [0.1, 0.15) is 24.1 Å². The molecule has 0 spiro atoms. The highest BCUT2D eigenvalue weighted by Gasteiger charge is 2.30. The molecule has 1 amide bonds. The van der Waals surface area contributed by atoms with E-state index in [1.54, 1.807) is 18.2 Å². The number of allylic oxidation sites excluding steroid dienone is 1. The van der Waals surface area contributed by atoms with Crippen molar-refractivity contribution in [3.05, 3.63) is 84.2 Å². The maximum absolute atomic E-state index is 13.9. The van der Waals surface area contributed by atoms with Crippen molar-refractivity contribution in [1.82, 2.24) is 19.3 Å². The fourth-order valence-corrected chi connectivity index (χ4v) is 7.26. The van der Waals surface area contributed by atoms with Crippen LogP contribution in [0.2, 0.25) is 0 Å². The molecule has 17 heteroatoms. The summed E-state index contributed by atoms with van der Waals surface area (Å²) in [5.74, 6) is -1.74. The van der Waals surface area contributed by atoms with Gasteiger partial charge in [0.1, 0.15) is 11.5 Å². The van der Waals surface area contributed by atoms with Gasteiger partial charge in [-0.15, -0.1) is 0 Å². The van der Waals surface area contributed by atoms with Crippen molar-refractivity contribution >= 4 is 43.7 Å². The van der Waals surface area contributed by atoms with Gasteiger partial charge in [-0.2, -0.15) is 13.2 Å². The van der Waals surface area contributed by atoms with Crippen LogP contribution in [0.3, 0.4) is 0 Å². The molecule has 4 rings (SSSR count). The Kier molecular flexibility index (Phi) is 11.4. The van der Waals surface area contributed by atoms with E-state index >= 15 is 0 Å². The summed E-state index contributed by atoms with van der Waals surface area (Å²) in [5, 5.41) is 10.9. The van der Waals surface area contributed by atoms with Gasteiger partial charge in [0.05, 0.1) is 38.2 Å². The van der Waals surface area contributed by atoms with Crippen molar-refractivity contribution in [3.8, 4) is 11.5 Å². The number of nitrogens with zero attached hydrogens (tertiary/aromatic N) is 3. The fraction of sp³-hybridized carbons (Fsp3) is 0.267. The molecule has 250 valence electrons. The molecule has 0 aliphatic heterocycles. The molecule has 12 nitrogen and oxygen atoms in total. The highest BCUT2D eigenvalue weighted by Crippen LogP contribution is 2.29. The average molecular weight is 695 g/mol. The number of pyridine rings is 1. The molecule has 4 aromatic rings. The average Bonchev–Trinajstić information content (AvgIpc) is 3.43. The van der Waals surface area contributed by atoms with Gasteiger partial charge in [0.25, 0.3) is 15.9 Å². The minimum Gasteiger partial charge on any atom is -0.484 e. The second-order valence-electron chi connectivity index (χ2n) is 9.92. The highest BCUT2D eigenvalue weighted by molar-refractivity contribution is 7.91. The number of carboxylic acid groups (broad SMARTS) is 1. The van der Waals surface area contributed by atoms with Gasteiger partial charge in [-0.3, -0.25) is 14.0 Å². The highest BCUT2D eigenvalue weighted by atomic mass is 32.2. The number of carboxylic acids is 1. The number of alkyl halides is 3. The van der Waals surface area contributed by atoms with Crippen molar-refractivity contribution in [2.24, 2.45) is 0 Å². The zero-order valence-electron chi connectivity index (χ0n) is 24.8. The second kappa shape index (κ2) is 15.2. The van der Waals surface area contributed by atoms with Crippen molar-refractivity contribution < 1.29 is 50.0 Å². The Labute approximate surface area is 269 Å². The number of fused-ring (bicyclic) bond motifs is 1. The molecule has 1 unspecified atom stereocenters. The number of nitrogens with one attached hydrogen (secondary N) is 1. The molecule has 1 atom stereocenters. The Morgan fingerprint density at radius 3 is 2.51 bits per heavy atom. The minimum absolute atomic E-state index is 0.101. The molecule has 0 aliphatic carbocycles. The van der Waals surface area contributed by atoms with Crippen LogP contribution in [0.4, 0.5) is 13.2 Å². The SMILES string of the molecule is Cc1c(OCC(F)(F)F)ccnc1CS(=O)c1nc2ccccc2n1S(=O)(=O)c1ccc(OCC(=O)NCCCC=CC(=O)O)cc1. The third kappa shape index (κ3) is 9.38. The van der Waals surface area contributed by atoms with Gasteiger partial charge in [0.15, 0.2) is 13.2 Å². The standard InChI is InChI=1S/C30H29F3N4O8S2/c1-20-24(34-16-14-26(20)45-19-30(31,32)33)18-46(41)29-36-23-7-4-5-8-25(23)37(29)47(42,43)22-12-10-21(11-13-22)44-17-27(38)35-15-6-2-3-9-28(39)40/h3-5,7-14,16H,2,6,15,17-19H2,1H3,(H,35,38)(H,39,40). The maximum atomic E-state index is 13.9. The number of hydrogen-bond donors (Lipinski definition) is 2. The number of benzene rings is 2. The van der Waals surface area contributed by atoms with Gasteiger partial charge >= 0.3 is 12.1 Å². The molecule has 0 radical (unpaired) electrons. The summed E-state index contributed by atoms with van der Waals surface area (Å²) in [6, 6.07) is 12.7. The summed E-state index contributed by atoms with van der Waals surface area (Å²) in [7, 11) is -6.52. The minimum atomic E-state index is -4.57. The predicted octanol–water partition coefficient (Wildman–Crippen LogP) is 4.14. The quantitative estimate of drug-likeness (QED) is 0.136. The number of ether oxygens (including phenoxy) is 2. The number of aromatic nitrogens is 3. The fourth-order valence-electron chi connectivity index (χ4n) is 4.21. The monoisotopic (exact) mass is 694 g/mol. The third-order valence-electron chi connectivity index (χ3n) is 6.47. The van der Waals surface area contributed by atoms with E-state index in [9.17, 15) is 35.4 Å². The van der Waals surface area contributed by atoms with Gasteiger partial charge in [0.2, 0.25) is 5.16 Å². The van der Waals surface area contributed by atoms with Crippen LogP contribution in [-0.2, 0) is 36.2 Å². The normalized spacial score (nSPS) is 12.7. The van der Waals surface area contributed by atoms with Crippen LogP contribution in [0, 0.1) is 6.92 Å². The zero-order chi connectivity index (χ0) is 34.2. The predicted molar refractivity (Wildman–Crippen MR) is 164 cm³/mol. The van der Waals surface area contributed by atoms with Crippen LogP contribution < -0.4 is 14.8 Å². The number of para-hydroxylation sites is 2. The number of carbonyl (C=O) groups excluding carboxylic acids is 1. The Bertz CT molecular complexity index is 1910. The molecule has 2 heterocycles. The molecule has 0 fully saturated rings. The Morgan fingerprint density at radius 1 is 1.09 bits per heavy atom. The van der Waals surface area contributed by atoms with Crippen LogP contribution in [-0.4, -0.2) is 69.5 Å². The molecule has 0 saturated carbocycles. The first-order valence-corrected chi connectivity index (χ1v) is 16.7. The van der Waals surface area contributed by atoms with Gasteiger partial charge in [0, 0.05) is 24.4 Å². The lowest BCUT2D eigenvalue weighted by atomic mass is 10.2. The summed E-state index contributed by atoms with van der Waals surface area (Å²) >= 11 is 0. The van der Waals surface area contributed by atoms with Crippen LogP contribution in [0.25, 0.3) is 11.0 Å². The van der Waals surface area contributed by atoms with Gasteiger partial charge in [-0.25, -0.2) is 22.2 Å². The molecule has 2 aromatic carbocycles. The first-order valence-electron chi connectivity index (χ1n) is 13.9. The number of aliphatic carboxylic acids is 1. The topological polar surface area (TPSA) is 167 Å². The lowest BCUT2D eigenvalue weighted by Gasteiger charge is -2.14. The Balaban J connectivity index is 1.50. The van der Waals surface area contributed by atoms with E-state index in [2.05, 4.69) is 15.3 Å². The number of amides is 1. The zero-order valence-corrected chi connectivity index (χ0v) is 26.4. The van der Waals surface area contributed by atoms with Crippen LogP contribution in [0.15, 0.2) is 83.0 Å². The van der Waals surface area contributed by atoms with Crippen LogP contribution >= 0.6 is 0 Å². The van der Waals surface area contributed by atoms with E-state index in [0.29, 0.717) is 19.4 Å². The third-order valence-corrected chi connectivity index (χ3v) is 9.52. The number of carbonyl (C=O) groups is 2. The van der Waals surface area contributed by atoms with Gasteiger partial charge in [-0.05, 0) is 62.2 Å². The van der Waals surface area contributed by atoms with Crippen molar-refractivity contribution in [3.63, 3.8) is 0 Å². The van der Waals surface area contributed by atoms with E-state index < -0.39 is 45.5 Å². The molecule has 0 bridgehead atoms. The summed E-state index contributed by atoms with van der Waals surface area (Å²) in [6.07, 6.45) is 0.131. The number of unbranched alkanes of at least 4 members (excludes halogenated alkanes) is 1. The number of halogens is 3. The summed E-state index contributed by atoms with van der Waals surface area (Å²) < 4.78 is 90.7. The lowest BCUT2D eigenvalue weighted by Crippen LogP contribution is -2.29. The van der Waals surface area contributed by atoms with Crippen LogP contribution in [0.5, 0.6) is 11.5 Å². The second-order valence-corrected chi connectivity index (χ2v) is 13.1. The molecule has 2 N–H and O–H groups in total. The molecule has 47 heavy (non-hydrogen) atoms. The van der Waals surface area contributed by atoms with Gasteiger partial charge in [-0.1, -0.05) is 18.2 Å².